The van der Waals surface area contributed by atoms with Crippen LogP contribution in [0, 0.1) is 0 Å². The van der Waals surface area contributed by atoms with E-state index in [1.807, 2.05) is 67.7 Å². The molecular formula is C17H17N3O. The summed E-state index contributed by atoms with van der Waals surface area (Å²) in [5.41, 5.74) is 8.80. The second-order valence-electron chi connectivity index (χ2n) is 4.88. The molecule has 0 amide bonds. The Kier molecular flexibility index (Phi) is 3.60. The maximum atomic E-state index is 5.83. The van der Waals surface area contributed by atoms with Gasteiger partial charge < -0.3 is 10.5 Å². The number of aryl methyl sites for hydroxylation is 1. The number of nitrogens with zero attached hydrogens (tertiary/aromatic N) is 2. The molecule has 0 aliphatic heterocycles. The molecule has 2 aromatic carbocycles. The van der Waals surface area contributed by atoms with Crippen LogP contribution in [0.5, 0.6) is 5.75 Å². The second kappa shape index (κ2) is 5.71. The molecule has 0 aliphatic rings. The van der Waals surface area contributed by atoms with Crippen LogP contribution >= 0.6 is 0 Å². The molecule has 0 bridgehead atoms. The summed E-state index contributed by atoms with van der Waals surface area (Å²) in [6.07, 6.45) is 0. The molecule has 4 nitrogen and oxygen atoms in total. The summed E-state index contributed by atoms with van der Waals surface area (Å²) >= 11 is 0. The quantitative estimate of drug-likeness (QED) is 0.797. The highest BCUT2D eigenvalue weighted by Gasteiger charge is 2.06. The summed E-state index contributed by atoms with van der Waals surface area (Å²) in [4.78, 5) is 0. The van der Waals surface area contributed by atoms with Crippen LogP contribution in [0.15, 0.2) is 60.7 Å². The van der Waals surface area contributed by atoms with E-state index in [0.29, 0.717) is 12.4 Å². The van der Waals surface area contributed by atoms with E-state index in [-0.39, 0.29) is 0 Å². The summed E-state index contributed by atoms with van der Waals surface area (Å²) in [6.45, 7) is 0.550. The van der Waals surface area contributed by atoms with Crippen LogP contribution in [-0.2, 0) is 13.7 Å². The zero-order valence-electron chi connectivity index (χ0n) is 11.9. The Bertz CT molecular complexity index is 715. The lowest BCUT2D eigenvalue weighted by Gasteiger charge is -2.07. The Labute approximate surface area is 123 Å². The minimum Gasteiger partial charge on any atom is -0.489 e. The zero-order valence-corrected chi connectivity index (χ0v) is 11.9. The number of anilines is 1. The first-order valence-corrected chi connectivity index (χ1v) is 6.79. The van der Waals surface area contributed by atoms with Gasteiger partial charge in [-0.15, -0.1) is 0 Å². The van der Waals surface area contributed by atoms with Crippen LogP contribution in [-0.4, -0.2) is 9.78 Å². The van der Waals surface area contributed by atoms with E-state index in [9.17, 15) is 0 Å². The van der Waals surface area contributed by atoms with Crippen molar-refractivity contribution in [3.05, 3.63) is 66.2 Å². The molecule has 1 heterocycles. The monoisotopic (exact) mass is 279 g/mol. The number of ether oxygens (including phenoxy) is 1. The van der Waals surface area contributed by atoms with E-state index in [0.717, 1.165) is 22.6 Å². The van der Waals surface area contributed by atoms with Gasteiger partial charge in [-0.25, -0.2) is 0 Å². The van der Waals surface area contributed by atoms with Crippen LogP contribution in [0.25, 0.3) is 11.3 Å². The fourth-order valence-corrected chi connectivity index (χ4v) is 2.11. The van der Waals surface area contributed by atoms with Crippen LogP contribution in [0.1, 0.15) is 5.56 Å². The van der Waals surface area contributed by atoms with Gasteiger partial charge in [0.2, 0.25) is 0 Å². The third kappa shape index (κ3) is 3.05. The first-order valence-electron chi connectivity index (χ1n) is 6.79. The molecule has 0 spiro atoms. The van der Waals surface area contributed by atoms with Crippen LogP contribution in [0.2, 0.25) is 0 Å². The molecule has 1 aromatic heterocycles. The van der Waals surface area contributed by atoms with Gasteiger partial charge in [-0.1, -0.05) is 42.5 Å². The van der Waals surface area contributed by atoms with E-state index >= 15 is 0 Å². The van der Waals surface area contributed by atoms with Crippen molar-refractivity contribution in [1.82, 2.24) is 9.78 Å². The molecule has 0 aliphatic carbocycles. The van der Waals surface area contributed by atoms with Gasteiger partial charge in [0.05, 0.1) is 5.69 Å². The molecule has 3 aromatic rings. The molecule has 4 heteroatoms. The standard InChI is InChI=1S/C17H17N3O/c1-20-17(18)11-16(19-20)14-8-5-9-15(10-14)21-12-13-6-3-2-4-7-13/h2-11H,12,18H2,1H3. The minimum absolute atomic E-state index is 0.550. The predicted octanol–water partition coefficient (Wildman–Crippen LogP) is 3.25. The minimum atomic E-state index is 0.550. The molecular weight excluding hydrogens is 262 g/mol. The smallest absolute Gasteiger partial charge is 0.121 e. The lowest BCUT2D eigenvalue weighted by atomic mass is 10.1. The molecule has 3 rings (SSSR count). The molecule has 0 saturated heterocycles. The second-order valence-corrected chi connectivity index (χ2v) is 4.88. The third-order valence-electron chi connectivity index (χ3n) is 3.29. The lowest BCUT2D eigenvalue weighted by molar-refractivity contribution is 0.306. The lowest BCUT2D eigenvalue weighted by Crippen LogP contribution is -1.96. The Hall–Kier alpha value is -2.75. The van der Waals surface area contributed by atoms with Gasteiger partial charge in [0.15, 0.2) is 0 Å². The van der Waals surface area contributed by atoms with Crippen LogP contribution in [0.3, 0.4) is 0 Å². The molecule has 0 unspecified atom stereocenters. The third-order valence-corrected chi connectivity index (χ3v) is 3.29. The van der Waals surface area contributed by atoms with Crippen molar-refractivity contribution in [2.24, 2.45) is 7.05 Å². The number of hydrogen-bond acceptors (Lipinski definition) is 3. The average Bonchev–Trinajstić information content (AvgIpc) is 2.86. The summed E-state index contributed by atoms with van der Waals surface area (Å²) in [7, 11) is 1.83. The fourth-order valence-electron chi connectivity index (χ4n) is 2.11. The molecule has 2 N–H and O–H groups in total. The van der Waals surface area contributed by atoms with Gasteiger partial charge in [0.1, 0.15) is 18.2 Å². The number of nitrogens with two attached hydrogens (primary N) is 1. The first-order chi connectivity index (χ1) is 10.2. The average molecular weight is 279 g/mol. The largest absolute Gasteiger partial charge is 0.489 e. The van der Waals surface area contributed by atoms with Crippen molar-refractivity contribution in [2.45, 2.75) is 6.61 Å². The number of aromatic nitrogens is 2. The molecule has 21 heavy (non-hydrogen) atoms. The highest BCUT2D eigenvalue weighted by molar-refractivity contribution is 5.63. The van der Waals surface area contributed by atoms with E-state index in [2.05, 4.69) is 5.10 Å². The van der Waals surface area contributed by atoms with E-state index in [1.54, 1.807) is 4.68 Å². The number of nitrogen functional groups attached to an aromatic ring is 1. The highest BCUT2D eigenvalue weighted by atomic mass is 16.5. The van der Waals surface area contributed by atoms with Crippen LogP contribution in [0.4, 0.5) is 5.82 Å². The van der Waals surface area contributed by atoms with Gasteiger partial charge >= 0.3 is 0 Å². The fraction of sp³-hybridized carbons (Fsp3) is 0.118. The topological polar surface area (TPSA) is 53.1 Å². The van der Waals surface area contributed by atoms with E-state index in [1.165, 1.54) is 0 Å². The predicted molar refractivity (Wildman–Crippen MR) is 83.8 cm³/mol. The van der Waals surface area contributed by atoms with Crippen molar-refractivity contribution in [3.8, 4) is 17.0 Å². The first kappa shape index (κ1) is 13.2. The molecule has 0 atom stereocenters. The highest BCUT2D eigenvalue weighted by Crippen LogP contribution is 2.24. The van der Waals surface area contributed by atoms with Gasteiger partial charge in [-0.3, -0.25) is 4.68 Å². The number of hydrogen-bond donors (Lipinski definition) is 1. The summed E-state index contributed by atoms with van der Waals surface area (Å²) in [5, 5.41) is 4.38. The summed E-state index contributed by atoms with van der Waals surface area (Å²) in [6, 6.07) is 19.8. The van der Waals surface area contributed by atoms with Crippen molar-refractivity contribution < 1.29 is 4.74 Å². The maximum Gasteiger partial charge on any atom is 0.121 e. The number of benzene rings is 2. The molecule has 0 radical (unpaired) electrons. The van der Waals surface area contributed by atoms with Crippen molar-refractivity contribution in [1.29, 1.82) is 0 Å². The SMILES string of the molecule is Cn1nc(-c2cccc(OCc3ccccc3)c2)cc1N. The van der Waals surface area contributed by atoms with Crippen molar-refractivity contribution in [3.63, 3.8) is 0 Å². The van der Waals surface area contributed by atoms with Crippen molar-refractivity contribution >= 4 is 5.82 Å². The maximum absolute atomic E-state index is 5.83. The van der Waals surface area contributed by atoms with Gasteiger partial charge in [0, 0.05) is 18.7 Å². The van der Waals surface area contributed by atoms with E-state index < -0.39 is 0 Å². The Morgan fingerprint density at radius 3 is 2.57 bits per heavy atom. The van der Waals surface area contributed by atoms with Gasteiger partial charge in [0.25, 0.3) is 0 Å². The molecule has 106 valence electrons. The van der Waals surface area contributed by atoms with Gasteiger partial charge in [-0.05, 0) is 17.7 Å². The van der Waals surface area contributed by atoms with E-state index in [4.69, 9.17) is 10.5 Å². The summed E-state index contributed by atoms with van der Waals surface area (Å²) in [5.74, 6) is 1.46. The Morgan fingerprint density at radius 1 is 1.05 bits per heavy atom. The van der Waals surface area contributed by atoms with Crippen LogP contribution < -0.4 is 10.5 Å². The van der Waals surface area contributed by atoms with Crippen molar-refractivity contribution in [2.75, 3.05) is 5.73 Å². The zero-order chi connectivity index (χ0) is 14.7. The Balaban J connectivity index is 1.77. The normalized spacial score (nSPS) is 10.5. The molecule has 0 fully saturated rings. The molecule has 0 saturated carbocycles. The number of rotatable bonds is 4. The van der Waals surface area contributed by atoms with Gasteiger partial charge in [-0.2, -0.15) is 5.10 Å². The Morgan fingerprint density at radius 2 is 1.86 bits per heavy atom. The summed E-state index contributed by atoms with van der Waals surface area (Å²) < 4.78 is 7.48.